The molecule has 0 saturated heterocycles. The van der Waals surface area contributed by atoms with E-state index in [0.29, 0.717) is 24.1 Å². The number of aromatic amines is 1. The highest BCUT2D eigenvalue weighted by atomic mass is 32.2. The van der Waals surface area contributed by atoms with Crippen molar-refractivity contribution in [3.63, 3.8) is 0 Å². The summed E-state index contributed by atoms with van der Waals surface area (Å²) in [6, 6.07) is 7.93. The van der Waals surface area contributed by atoms with E-state index < -0.39 is 0 Å². The van der Waals surface area contributed by atoms with Gasteiger partial charge >= 0.3 is 5.97 Å². The first kappa shape index (κ1) is 15.4. The van der Waals surface area contributed by atoms with Crippen molar-refractivity contribution < 1.29 is 14.3 Å². The lowest BCUT2D eigenvalue weighted by molar-refractivity contribution is 0.0519. The molecule has 5 nitrogen and oxygen atoms in total. The van der Waals surface area contributed by atoms with Crippen molar-refractivity contribution in [1.29, 1.82) is 0 Å². The number of aryl methyl sites for hydroxylation is 1. The van der Waals surface area contributed by atoms with Crippen LogP contribution >= 0.6 is 11.8 Å². The van der Waals surface area contributed by atoms with Gasteiger partial charge in [-0.05, 0) is 26.0 Å². The summed E-state index contributed by atoms with van der Waals surface area (Å²) in [5.41, 5.74) is 1.58. The largest absolute Gasteiger partial charge is 0.493 e. The summed E-state index contributed by atoms with van der Waals surface area (Å²) >= 11 is 1.50. The molecular weight excluding hydrogens is 288 g/mol. The number of aromatic nitrogens is 2. The topological polar surface area (TPSA) is 64.2 Å². The summed E-state index contributed by atoms with van der Waals surface area (Å²) in [7, 11) is 0. The summed E-state index contributed by atoms with van der Waals surface area (Å²) in [5, 5.41) is 0.686. The average molecular weight is 306 g/mol. The van der Waals surface area contributed by atoms with Crippen LogP contribution in [-0.2, 0) is 4.74 Å². The van der Waals surface area contributed by atoms with Gasteiger partial charge in [0, 0.05) is 5.75 Å². The summed E-state index contributed by atoms with van der Waals surface area (Å²) in [6.07, 6.45) is 1.49. The van der Waals surface area contributed by atoms with Crippen LogP contribution in [0.25, 0.3) is 0 Å². The standard InChI is InChI=1S/C15H18N2O3S/c1-3-19-14(18)13-10-16-15(17-13)21-9-8-20-12-6-4-11(2)5-7-12/h4-7,10H,3,8-9H2,1-2H3,(H,16,17). The summed E-state index contributed by atoms with van der Waals surface area (Å²) in [5.74, 6) is 1.21. The predicted octanol–water partition coefficient (Wildman–Crippen LogP) is 3.07. The van der Waals surface area contributed by atoms with E-state index in [4.69, 9.17) is 9.47 Å². The molecule has 0 radical (unpaired) electrons. The Labute approximate surface area is 128 Å². The van der Waals surface area contributed by atoms with Gasteiger partial charge < -0.3 is 14.5 Å². The van der Waals surface area contributed by atoms with E-state index in [1.165, 1.54) is 23.5 Å². The Bertz CT molecular complexity index is 581. The smallest absolute Gasteiger partial charge is 0.356 e. The number of carbonyl (C=O) groups excluding carboxylic acids is 1. The van der Waals surface area contributed by atoms with Crippen LogP contribution in [-0.4, -0.2) is 34.9 Å². The van der Waals surface area contributed by atoms with Crippen molar-refractivity contribution >= 4 is 17.7 Å². The number of benzene rings is 1. The highest BCUT2D eigenvalue weighted by Crippen LogP contribution is 2.16. The number of hydrogen-bond acceptors (Lipinski definition) is 5. The molecule has 0 saturated carbocycles. The Morgan fingerprint density at radius 1 is 1.33 bits per heavy atom. The van der Waals surface area contributed by atoms with Crippen molar-refractivity contribution in [3.05, 3.63) is 41.7 Å². The van der Waals surface area contributed by atoms with Crippen LogP contribution in [0.1, 0.15) is 23.0 Å². The van der Waals surface area contributed by atoms with Crippen LogP contribution in [0.15, 0.2) is 35.6 Å². The number of nitrogens with one attached hydrogen (secondary N) is 1. The summed E-state index contributed by atoms with van der Waals surface area (Å²) in [6.45, 7) is 4.73. The molecule has 0 fully saturated rings. The number of H-pyrrole nitrogens is 1. The fraction of sp³-hybridized carbons (Fsp3) is 0.333. The lowest BCUT2D eigenvalue weighted by Gasteiger charge is -2.05. The summed E-state index contributed by atoms with van der Waals surface area (Å²) in [4.78, 5) is 18.5. The molecule has 1 aromatic heterocycles. The molecule has 2 rings (SSSR count). The van der Waals surface area contributed by atoms with Crippen LogP contribution in [0, 0.1) is 6.92 Å². The van der Waals surface area contributed by atoms with Gasteiger partial charge in [0.05, 0.1) is 19.4 Å². The van der Waals surface area contributed by atoms with Gasteiger partial charge in [-0.25, -0.2) is 9.78 Å². The highest BCUT2D eigenvalue weighted by Gasteiger charge is 2.10. The number of esters is 1. The van der Waals surface area contributed by atoms with Crippen LogP contribution < -0.4 is 4.74 Å². The second-order valence-electron chi connectivity index (χ2n) is 4.33. The quantitative estimate of drug-likeness (QED) is 0.484. The van der Waals surface area contributed by atoms with E-state index in [9.17, 15) is 4.79 Å². The maximum absolute atomic E-state index is 11.5. The van der Waals surface area contributed by atoms with E-state index in [-0.39, 0.29) is 5.97 Å². The Kier molecular flexibility index (Phi) is 5.68. The average Bonchev–Trinajstić information content (AvgIpc) is 2.95. The second-order valence-corrected chi connectivity index (χ2v) is 5.42. The van der Waals surface area contributed by atoms with Crippen molar-refractivity contribution in [2.45, 2.75) is 19.0 Å². The van der Waals surface area contributed by atoms with Crippen LogP contribution in [0.3, 0.4) is 0 Å². The van der Waals surface area contributed by atoms with Crippen LogP contribution in [0.4, 0.5) is 0 Å². The minimum absolute atomic E-state index is 0.352. The molecule has 0 spiro atoms. The van der Waals surface area contributed by atoms with Gasteiger partial charge in [-0.3, -0.25) is 0 Å². The first-order valence-electron chi connectivity index (χ1n) is 6.73. The number of ether oxygens (including phenoxy) is 2. The maximum Gasteiger partial charge on any atom is 0.356 e. The Balaban J connectivity index is 1.73. The number of thioether (sulfide) groups is 1. The molecule has 1 aromatic carbocycles. The molecule has 0 aliphatic heterocycles. The van der Waals surface area contributed by atoms with Crippen molar-refractivity contribution in [3.8, 4) is 5.75 Å². The number of nitrogens with zero attached hydrogens (tertiary/aromatic N) is 1. The maximum atomic E-state index is 11.5. The zero-order chi connectivity index (χ0) is 15.1. The van der Waals surface area contributed by atoms with Gasteiger partial charge in [0.25, 0.3) is 0 Å². The van der Waals surface area contributed by atoms with Gasteiger partial charge in [-0.2, -0.15) is 0 Å². The zero-order valence-corrected chi connectivity index (χ0v) is 12.9. The molecule has 2 aromatic rings. The predicted molar refractivity (Wildman–Crippen MR) is 81.9 cm³/mol. The molecule has 0 aliphatic rings. The lowest BCUT2D eigenvalue weighted by atomic mass is 10.2. The van der Waals surface area contributed by atoms with Gasteiger partial charge in [-0.15, -0.1) is 0 Å². The van der Waals surface area contributed by atoms with Gasteiger partial charge in [-0.1, -0.05) is 29.5 Å². The van der Waals surface area contributed by atoms with E-state index in [2.05, 4.69) is 9.97 Å². The molecule has 21 heavy (non-hydrogen) atoms. The fourth-order valence-corrected chi connectivity index (χ4v) is 2.29. The van der Waals surface area contributed by atoms with E-state index in [0.717, 1.165) is 11.5 Å². The Hall–Kier alpha value is -1.95. The first-order valence-corrected chi connectivity index (χ1v) is 7.72. The molecule has 0 atom stereocenters. The molecule has 6 heteroatoms. The fourth-order valence-electron chi connectivity index (χ4n) is 1.62. The van der Waals surface area contributed by atoms with E-state index in [1.807, 2.05) is 31.2 Å². The van der Waals surface area contributed by atoms with E-state index >= 15 is 0 Å². The zero-order valence-electron chi connectivity index (χ0n) is 12.1. The summed E-state index contributed by atoms with van der Waals surface area (Å²) < 4.78 is 10.5. The third-order valence-electron chi connectivity index (χ3n) is 2.66. The monoisotopic (exact) mass is 306 g/mol. The highest BCUT2D eigenvalue weighted by molar-refractivity contribution is 7.99. The van der Waals surface area contributed by atoms with Crippen LogP contribution in [0.5, 0.6) is 5.75 Å². The van der Waals surface area contributed by atoms with Crippen LogP contribution in [0.2, 0.25) is 0 Å². The number of rotatable bonds is 7. The molecule has 0 aliphatic carbocycles. The third kappa shape index (κ3) is 4.82. The molecule has 0 unspecified atom stereocenters. The second kappa shape index (κ2) is 7.73. The Morgan fingerprint density at radius 3 is 2.81 bits per heavy atom. The molecule has 112 valence electrons. The van der Waals surface area contributed by atoms with Crippen molar-refractivity contribution in [1.82, 2.24) is 9.97 Å². The Morgan fingerprint density at radius 2 is 2.10 bits per heavy atom. The molecular formula is C15H18N2O3S. The van der Waals surface area contributed by atoms with Crippen molar-refractivity contribution in [2.24, 2.45) is 0 Å². The minimum atomic E-state index is -0.382. The molecule has 0 bridgehead atoms. The minimum Gasteiger partial charge on any atom is -0.493 e. The molecule has 1 N–H and O–H groups in total. The third-order valence-corrected chi connectivity index (χ3v) is 3.51. The van der Waals surface area contributed by atoms with E-state index in [1.54, 1.807) is 6.92 Å². The number of hydrogen-bond donors (Lipinski definition) is 1. The number of carbonyl (C=O) groups is 1. The molecule has 1 heterocycles. The number of imidazole rings is 1. The molecule has 0 amide bonds. The lowest BCUT2D eigenvalue weighted by Crippen LogP contribution is -2.04. The first-order chi connectivity index (χ1) is 10.2. The normalized spacial score (nSPS) is 10.4. The van der Waals surface area contributed by atoms with Gasteiger partial charge in [0.15, 0.2) is 5.16 Å². The van der Waals surface area contributed by atoms with Crippen molar-refractivity contribution in [2.75, 3.05) is 19.0 Å². The van der Waals surface area contributed by atoms with Gasteiger partial charge in [0.1, 0.15) is 11.4 Å². The van der Waals surface area contributed by atoms with Gasteiger partial charge in [0.2, 0.25) is 0 Å². The SMILES string of the molecule is CCOC(=O)c1cnc(SCCOc2ccc(C)cc2)[nH]1.